The molecule has 1 saturated carbocycles. The highest BCUT2D eigenvalue weighted by molar-refractivity contribution is 6.15. The van der Waals surface area contributed by atoms with Crippen LogP contribution in [-0.4, -0.2) is 55.8 Å². The van der Waals surface area contributed by atoms with E-state index in [-0.39, 0.29) is 17.5 Å². The van der Waals surface area contributed by atoms with Crippen molar-refractivity contribution in [2.75, 3.05) is 33.1 Å². The average Bonchev–Trinajstić information content (AvgIpc) is 3.07. The molecule has 1 aliphatic carbocycles. The number of nitrogens with zero attached hydrogens (tertiary/aromatic N) is 1. The Balaban J connectivity index is 2.58. The smallest absolute Gasteiger partial charge is 0.249 e. The summed E-state index contributed by atoms with van der Waals surface area (Å²) in [4.78, 5) is 14.9. The van der Waals surface area contributed by atoms with Gasteiger partial charge < -0.3 is 36.3 Å². The third kappa shape index (κ3) is 12.6. The lowest BCUT2D eigenvalue weighted by Gasteiger charge is -2.20. The second-order valence-corrected chi connectivity index (χ2v) is 11.9. The van der Waals surface area contributed by atoms with Gasteiger partial charge in [-0.3, -0.25) is 15.6 Å². The normalized spacial score (nSPS) is 14.3. The minimum Gasteiger partial charge on any atom is -0.494 e. The first-order valence-electron chi connectivity index (χ1n) is 17.1. The van der Waals surface area contributed by atoms with Crippen molar-refractivity contribution in [2.24, 2.45) is 0 Å². The first kappa shape index (κ1) is 40.8. The van der Waals surface area contributed by atoms with Crippen LogP contribution in [0.25, 0.3) is 5.57 Å². The Morgan fingerprint density at radius 2 is 1.78 bits per heavy atom. The minimum absolute atomic E-state index is 0.148. The number of nitrogens with one attached hydrogen (secondary N) is 7. The Morgan fingerprint density at radius 1 is 1.04 bits per heavy atom. The van der Waals surface area contributed by atoms with E-state index in [1.807, 2.05) is 68.6 Å². The molecule has 268 valence electrons. The molecule has 0 unspecified atom stereocenters. The van der Waals surface area contributed by atoms with Gasteiger partial charge in [-0.1, -0.05) is 68.0 Å². The molecule has 0 spiro atoms. The number of likely N-dealkylation sites (N-methyl/N-ethyl adjacent to an activating group) is 1. The van der Waals surface area contributed by atoms with Crippen molar-refractivity contribution in [1.82, 2.24) is 20.9 Å². The Kier molecular flexibility index (Phi) is 17.6. The van der Waals surface area contributed by atoms with Crippen LogP contribution >= 0.6 is 0 Å². The lowest BCUT2D eigenvalue weighted by Crippen LogP contribution is -2.31. The van der Waals surface area contributed by atoms with Crippen LogP contribution in [0.1, 0.15) is 72.3 Å². The molecule has 0 radical (unpaired) electrons. The molecule has 10 heteroatoms. The number of benzene rings is 1. The molecule has 1 amide bonds. The quantitative estimate of drug-likeness (QED) is 0.0341. The van der Waals surface area contributed by atoms with Gasteiger partial charge in [0.15, 0.2) is 0 Å². The zero-order chi connectivity index (χ0) is 37.1. The summed E-state index contributed by atoms with van der Waals surface area (Å²) in [5, 5.41) is 38.4. The van der Waals surface area contributed by atoms with Crippen molar-refractivity contribution < 1.29 is 9.53 Å². The Bertz CT molecular complexity index is 1630. The van der Waals surface area contributed by atoms with Crippen LogP contribution in [0, 0.1) is 16.2 Å². The van der Waals surface area contributed by atoms with Gasteiger partial charge in [0, 0.05) is 61.5 Å². The summed E-state index contributed by atoms with van der Waals surface area (Å²) in [6.45, 7) is 9.76. The number of carbonyl (C=O) groups is 1. The van der Waals surface area contributed by atoms with Gasteiger partial charge >= 0.3 is 0 Å². The van der Waals surface area contributed by atoms with E-state index < -0.39 is 0 Å². The molecule has 0 saturated heterocycles. The number of ether oxygens (including phenoxy) is 1. The zero-order valence-corrected chi connectivity index (χ0v) is 31.0. The topological polar surface area (TPSA) is 149 Å². The summed E-state index contributed by atoms with van der Waals surface area (Å²) in [6.07, 6.45) is 23.3. The third-order valence-electron chi connectivity index (χ3n) is 7.81. The van der Waals surface area contributed by atoms with E-state index in [1.54, 1.807) is 64.5 Å². The van der Waals surface area contributed by atoms with Crippen LogP contribution in [0.2, 0.25) is 0 Å². The van der Waals surface area contributed by atoms with Crippen LogP contribution in [0.4, 0.5) is 5.69 Å². The fourth-order valence-corrected chi connectivity index (χ4v) is 4.89. The maximum absolute atomic E-state index is 13.3. The second-order valence-electron chi connectivity index (χ2n) is 11.9. The van der Waals surface area contributed by atoms with E-state index in [4.69, 9.17) is 21.0 Å². The van der Waals surface area contributed by atoms with E-state index in [9.17, 15) is 4.79 Å². The fourth-order valence-electron chi connectivity index (χ4n) is 4.89. The van der Waals surface area contributed by atoms with Gasteiger partial charge in [0.25, 0.3) is 0 Å². The molecule has 1 aliphatic rings. The highest BCUT2D eigenvalue weighted by Gasteiger charge is 2.18. The van der Waals surface area contributed by atoms with E-state index in [0.29, 0.717) is 40.7 Å². The highest BCUT2D eigenvalue weighted by Crippen LogP contribution is 2.35. The van der Waals surface area contributed by atoms with E-state index >= 15 is 0 Å². The molecule has 10 nitrogen and oxygen atoms in total. The van der Waals surface area contributed by atoms with Crippen LogP contribution in [-0.2, 0) is 4.79 Å². The Morgan fingerprint density at radius 3 is 2.36 bits per heavy atom. The number of methoxy groups -OCH3 is 1. The van der Waals surface area contributed by atoms with E-state index in [2.05, 4.69) is 28.2 Å². The first-order valence-corrected chi connectivity index (χ1v) is 17.1. The number of hydrogen-bond acceptors (Lipinski definition) is 8. The molecule has 0 bridgehead atoms. The second kappa shape index (κ2) is 21.6. The van der Waals surface area contributed by atoms with Crippen molar-refractivity contribution in [3.05, 3.63) is 113 Å². The summed E-state index contributed by atoms with van der Waals surface area (Å²) in [5.74, 6) is 0.555. The Hall–Kier alpha value is -5.38. The maximum atomic E-state index is 13.3. The number of anilines is 1. The molecule has 1 fully saturated rings. The maximum Gasteiger partial charge on any atom is 0.249 e. The summed E-state index contributed by atoms with van der Waals surface area (Å²) in [6, 6.07) is 5.74. The summed E-state index contributed by atoms with van der Waals surface area (Å²) >= 11 is 0. The third-order valence-corrected chi connectivity index (χ3v) is 7.81. The van der Waals surface area contributed by atoms with Crippen LogP contribution < -0.4 is 26.0 Å². The molecular weight excluding hydrogens is 624 g/mol. The number of para-hydroxylation sites is 1. The van der Waals surface area contributed by atoms with Crippen molar-refractivity contribution >= 4 is 34.4 Å². The predicted octanol–water partition coefficient (Wildman–Crippen LogP) is 7.96. The SMILES string of the molecule is C/C=C\N/C(=C/CC)C(=N)/C(=C\C(=N)NC=C1CCC1)Nc1cccc(C(/C=C/CC)=C/C=C(\C)C(=O)N(C)C/C(=C/NC)C(C)=N)c1OC. The number of amidine groups is 1. The summed E-state index contributed by atoms with van der Waals surface area (Å²) in [5.41, 5.74) is 6.38. The molecule has 0 atom stereocenters. The van der Waals surface area contributed by atoms with Crippen LogP contribution in [0.5, 0.6) is 5.75 Å². The van der Waals surface area contributed by atoms with Crippen molar-refractivity contribution in [2.45, 2.75) is 66.7 Å². The van der Waals surface area contributed by atoms with Crippen LogP contribution in [0.15, 0.2) is 107 Å². The summed E-state index contributed by atoms with van der Waals surface area (Å²) in [7, 11) is 5.10. The minimum atomic E-state index is -0.148. The molecule has 0 heterocycles. The molecule has 50 heavy (non-hydrogen) atoms. The lowest BCUT2D eigenvalue weighted by molar-refractivity contribution is -0.125. The van der Waals surface area contributed by atoms with Gasteiger partial charge in [-0.25, -0.2) is 0 Å². The average molecular weight is 681 g/mol. The first-order chi connectivity index (χ1) is 24.0. The molecule has 1 aromatic carbocycles. The van der Waals surface area contributed by atoms with Gasteiger partial charge in [-0.05, 0) is 70.7 Å². The predicted molar refractivity (Wildman–Crippen MR) is 211 cm³/mol. The van der Waals surface area contributed by atoms with Gasteiger partial charge in [-0.2, -0.15) is 0 Å². The number of hydrogen-bond donors (Lipinski definition) is 7. The highest BCUT2D eigenvalue weighted by atomic mass is 16.5. The van der Waals surface area contributed by atoms with Gasteiger partial charge in [0.1, 0.15) is 17.3 Å². The summed E-state index contributed by atoms with van der Waals surface area (Å²) < 4.78 is 6.00. The fraction of sp³-hybridized carbons (Fsp3) is 0.350. The van der Waals surface area contributed by atoms with Gasteiger partial charge in [0.05, 0.1) is 24.2 Å². The molecule has 0 aromatic heterocycles. The zero-order valence-electron chi connectivity index (χ0n) is 31.0. The van der Waals surface area contributed by atoms with Crippen LogP contribution in [0.3, 0.4) is 0 Å². The van der Waals surface area contributed by atoms with E-state index in [1.165, 1.54) is 12.0 Å². The molecule has 0 aliphatic heterocycles. The van der Waals surface area contributed by atoms with Gasteiger partial charge in [0.2, 0.25) is 5.91 Å². The number of carbonyl (C=O) groups excluding carboxylic acids is 1. The Labute approximate surface area is 299 Å². The van der Waals surface area contributed by atoms with Crippen molar-refractivity contribution in [1.29, 1.82) is 16.2 Å². The van der Waals surface area contributed by atoms with Gasteiger partial charge in [-0.15, -0.1) is 0 Å². The monoisotopic (exact) mass is 680 g/mol. The lowest BCUT2D eigenvalue weighted by atomic mass is 9.94. The number of allylic oxidation sites excluding steroid dienone is 8. The molecule has 2 rings (SSSR count). The number of rotatable bonds is 19. The molecule has 1 aromatic rings. The van der Waals surface area contributed by atoms with E-state index in [0.717, 1.165) is 42.4 Å². The van der Waals surface area contributed by atoms with Crippen molar-refractivity contribution in [3.8, 4) is 5.75 Å². The van der Waals surface area contributed by atoms with Crippen molar-refractivity contribution in [3.63, 3.8) is 0 Å². The number of amides is 1. The molecular formula is C40H56N8O2. The largest absolute Gasteiger partial charge is 0.494 e. The molecule has 7 N–H and O–H groups in total. The standard InChI is InChI=1S/C40H56N8O2/c1-9-12-18-31(22-21-28(4)40(49)48(7)27-32(26-44-6)29(5)41)33-19-14-20-35(39(33)50-8)47-36(24-37(42)46-25-30-16-13-17-30)38(43)34(15-10-2)45-23-11-3/h11-12,14-15,18-26,41,43-45,47H,9-10,13,16-17,27H2,1-8H3,(H2,42,46)/b18-12+,23-11-,28-21+,31-22+,32-26-,34-15+,36-24+,41-29?,43-38?.